The van der Waals surface area contributed by atoms with E-state index >= 15 is 0 Å². The maximum absolute atomic E-state index is 13.3. The molecule has 0 bridgehead atoms. The van der Waals surface area contributed by atoms with Gasteiger partial charge in [-0.2, -0.15) is 4.31 Å². The number of fused-ring (bicyclic) bond motifs is 1. The van der Waals surface area contributed by atoms with Gasteiger partial charge in [-0.25, -0.2) is 8.42 Å². The van der Waals surface area contributed by atoms with Crippen LogP contribution in [0.5, 0.6) is 11.5 Å². The molecule has 0 saturated carbocycles. The predicted molar refractivity (Wildman–Crippen MR) is 114 cm³/mol. The van der Waals surface area contributed by atoms with Crippen molar-refractivity contribution in [1.82, 2.24) is 4.31 Å². The smallest absolute Gasteiger partial charge is 0.243 e. The molecule has 0 aromatic heterocycles. The van der Waals surface area contributed by atoms with Gasteiger partial charge in [0.15, 0.2) is 0 Å². The Hall–Kier alpha value is -2.22. The molecular weight excluding hydrogens is 394 g/mol. The number of thioether (sulfide) groups is 1. The molecule has 0 N–H and O–H groups in total. The zero-order chi connectivity index (χ0) is 20.3. The molecule has 0 aliphatic rings. The fraction of sp³-hybridized carbons (Fsp3) is 0.238. The van der Waals surface area contributed by atoms with Gasteiger partial charge in [0, 0.05) is 29.3 Å². The fourth-order valence-electron chi connectivity index (χ4n) is 3.14. The standard InChI is InChI=1S/C21H23NO4S2/c1-22(14-15-9-11-20(27-4)19(13-15)26-3)28(23,24)21-12-10-18(25-2)16-7-5-6-8-17(16)21/h5-13H,14H2,1-4H3. The quantitative estimate of drug-likeness (QED) is 0.534. The minimum absolute atomic E-state index is 0.244. The van der Waals surface area contributed by atoms with Gasteiger partial charge in [-0.3, -0.25) is 0 Å². The number of sulfonamides is 1. The van der Waals surface area contributed by atoms with E-state index < -0.39 is 10.0 Å². The first-order valence-electron chi connectivity index (χ1n) is 8.65. The SMILES string of the molecule is COc1cc(CN(C)S(=O)(=O)c2ccc(OC)c3ccccc23)ccc1SC. The molecule has 3 aromatic rings. The molecule has 3 aromatic carbocycles. The van der Waals surface area contributed by atoms with E-state index in [-0.39, 0.29) is 11.4 Å². The highest BCUT2D eigenvalue weighted by molar-refractivity contribution is 7.98. The van der Waals surface area contributed by atoms with Crippen molar-refractivity contribution in [1.29, 1.82) is 0 Å². The predicted octanol–water partition coefficient (Wildman–Crippen LogP) is 4.40. The summed E-state index contributed by atoms with van der Waals surface area (Å²) in [5.41, 5.74) is 0.860. The van der Waals surface area contributed by atoms with Crippen LogP contribution in [0.1, 0.15) is 5.56 Å². The van der Waals surface area contributed by atoms with Crippen LogP contribution >= 0.6 is 11.8 Å². The molecule has 148 valence electrons. The molecule has 7 heteroatoms. The van der Waals surface area contributed by atoms with Crippen LogP contribution in [0.15, 0.2) is 64.4 Å². The average Bonchev–Trinajstić information content (AvgIpc) is 2.72. The molecule has 0 aliphatic heterocycles. The maximum atomic E-state index is 13.3. The van der Waals surface area contributed by atoms with Crippen molar-refractivity contribution < 1.29 is 17.9 Å². The number of benzene rings is 3. The number of nitrogens with zero attached hydrogens (tertiary/aromatic N) is 1. The highest BCUT2D eigenvalue weighted by atomic mass is 32.2. The van der Waals surface area contributed by atoms with E-state index in [1.807, 2.05) is 42.7 Å². The van der Waals surface area contributed by atoms with Gasteiger partial charge >= 0.3 is 0 Å². The third-order valence-electron chi connectivity index (χ3n) is 4.61. The third-order valence-corrected chi connectivity index (χ3v) is 7.24. The lowest BCUT2D eigenvalue weighted by atomic mass is 10.1. The second kappa shape index (κ2) is 8.43. The van der Waals surface area contributed by atoms with Crippen molar-refractivity contribution in [3.63, 3.8) is 0 Å². The van der Waals surface area contributed by atoms with Crippen LogP contribution in [0.2, 0.25) is 0 Å². The van der Waals surface area contributed by atoms with Crippen molar-refractivity contribution in [2.75, 3.05) is 27.5 Å². The summed E-state index contributed by atoms with van der Waals surface area (Å²) in [4.78, 5) is 1.28. The van der Waals surface area contributed by atoms with Gasteiger partial charge < -0.3 is 9.47 Å². The topological polar surface area (TPSA) is 55.8 Å². The summed E-state index contributed by atoms with van der Waals surface area (Å²) in [6.45, 7) is 0.244. The largest absolute Gasteiger partial charge is 0.496 e. The number of rotatable bonds is 7. The Morgan fingerprint density at radius 3 is 2.25 bits per heavy atom. The van der Waals surface area contributed by atoms with Crippen molar-refractivity contribution >= 4 is 32.6 Å². The van der Waals surface area contributed by atoms with E-state index in [0.29, 0.717) is 11.1 Å². The summed E-state index contributed by atoms with van der Waals surface area (Å²) in [7, 11) is 1.09. The minimum atomic E-state index is -3.69. The van der Waals surface area contributed by atoms with Crippen LogP contribution in [0, 0.1) is 0 Å². The summed E-state index contributed by atoms with van der Waals surface area (Å²) >= 11 is 1.59. The monoisotopic (exact) mass is 417 g/mol. The van der Waals surface area contributed by atoms with E-state index in [4.69, 9.17) is 9.47 Å². The van der Waals surface area contributed by atoms with E-state index in [1.54, 1.807) is 51.2 Å². The molecule has 0 radical (unpaired) electrons. The molecule has 0 saturated heterocycles. The lowest BCUT2D eigenvalue weighted by Gasteiger charge is -2.20. The summed E-state index contributed by atoms with van der Waals surface area (Å²) in [6.07, 6.45) is 1.98. The Balaban J connectivity index is 1.98. The molecule has 0 unspecified atom stereocenters. The summed E-state index contributed by atoms with van der Waals surface area (Å²) in [6, 6.07) is 16.4. The van der Waals surface area contributed by atoms with Crippen molar-refractivity contribution in [3.05, 3.63) is 60.2 Å². The van der Waals surface area contributed by atoms with Gasteiger partial charge in [0.1, 0.15) is 11.5 Å². The lowest BCUT2D eigenvalue weighted by molar-refractivity contribution is 0.402. The van der Waals surface area contributed by atoms with E-state index in [2.05, 4.69) is 0 Å². The van der Waals surface area contributed by atoms with Crippen molar-refractivity contribution in [2.24, 2.45) is 0 Å². The Kier molecular flexibility index (Phi) is 6.17. The minimum Gasteiger partial charge on any atom is -0.496 e. The van der Waals surface area contributed by atoms with Crippen molar-refractivity contribution in [2.45, 2.75) is 16.3 Å². The highest BCUT2D eigenvalue weighted by Gasteiger charge is 2.24. The van der Waals surface area contributed by atoms with Crippen molar-refractivity contribution in [3.8, 4) is 11.5 Å². The molecule has 3 rings (SSSR count). The second-order valence-electron chi connectivity index (χ2n) is 6.26. The average molecular weight is 418 g/mol. The van der Waals surface area contributed by atoms with Crippen LogP contribution in [0.3, 0.4) is 0 Å². The maximum Gasteiger partial charge on any atom is 0.243 e. The molecular formula is C21H23NO4S2. The van der Waals surface area contributed by atoms with Gasteiger partial charge in [-0.15, -0.1) is 11.8 Å². The van der Waals surface area contributed by atoms with Crippen LogP contribution in [-0.2, 0) is 16.6 Å². The number of methoxy groups -OCH3 is 2. The van der Waals surface area contributed by atoms with Crippen LogP contribution in [-0.4, -0.2) is 40.2 Å². The number of hydrogen-bond acceptors (Lipinski definition) is 5. The Bertz CT molecular complexity index is 1100. The molecule has 0 fully saturated rings. The van der Waals surface area contributed by atoms with Gasteiger partial charge in [-0.05, 0) is 36.1 Å². The summed E-state index contributed by atoms with van der Waals surface area (Å²) in [5.74, 6) is 1.39. The molecule has 0 atom stereocenters. The van der Waals surface area contributed by atoms with Gasteiger partial charge in [0.2, 0.25) is 10.0 Å². The molecule has 0 aliphatic carbocycles. The van der Waals surface area contributed by atoms with Gasteiger partial charge in [0.05, 0.1) is 19.1 Å². The van der Waals surface area contributed by atoms with Crippen LogP contribution in [0.4, 0.5) is 0 Å². The second-order valence-corrected chi connectivity index (χ2v) is 9.12. The lowest BCUT2D eigenvalue weighted by Crippen LogP contribution is -2.26. The van der Waals surface area contributed by atoms with Crippen LogP contribution < -0.4 is 9.47 Å². The molecule has 5 nitrogen and oxygen atoms in total. The van der Waals surface area contributed by atoms with Gasteiger partial charge in [-0.1, -0.05) is 30.3 Å². The van der Waals surface area contributed by atoms with Gasteiger partial charge in [0.25, 0.3) is 0 Å². The van der Waals surface area contributed by atoms with E-state index in [1.165, 1.54) is 4.31 Å². The summed E-state index contributed by atoms with van der Waals surface area (Å²) in [5, 5.41) is 1.41. The first-order valence-corrected chi connectivity index (χ1v) is 11.3. The molecule has 28 heavy (non-hydrogen) atoms. The molecule has 0 heterocycles. The van der Waals surface area contributed by atoms with E-state index in [0.717, 1.165) is 21.6 Å². The first kappa shape index (κ1) is 20.5. The normalized spacial score (nSPS) is 11.8. The Labute approximate surface area is 170 Å². The zero-order valence-electron chi connectivity index (χ0n) is 16.3. The summed E-state index contributed by atoms with van der Waals surface area (Å²) < 4.78 is 38.7. The Morgan fingerprint density at radius 1 is 0.929 bits per heavy atom. The van der Waals surface area contributed by atoms with Crippen LogP contribution in [0.25, 0.3) is 10.8 Å². The number of ether oxygens (including phenoxy) is 2. The third kappa shape index (κ3) is 3.83. The first-order chi connectivity index (χ1) is 13.4. The van der Waals surface area contributed by atoms with E-state index in [9.17, 15) is 8.42 Å². The zero-order valence-corrected chi connectivity index (χ0v) is 17.9. The molecule has 0 amide bonds. The Morgan fingerprint density at radius 2 is 1.61 bits per heavy atom. The fourth-order valence-corrected chi connectivity index (χ4v) is 5.03. The molecule has 0 spiro atoms. The highest BCUT2D eigenvalue weighted by Crippen LogP contribution is 2.33. The number of hydrogen-bond donors (Lipinski definition) is 0.